The highest BCUT2D eigenvalue weighted by atomic mass is 32.2. The molecule has 28 heavy (non-hydrogen) atoms. The number of hydrogen-bond acceptors (Lipinski definition) is 5. The van der Waals surface area contributed by atoms with E-state index < -0.39 is 20.6 Å². The van der Waals surface area contributed by atoms with Gasteiger partial charge in [-0.3, -0.25) is 14.4 Å². The van der Waals surface area contributed by atoms with Crippen LogP contribution in [0.3, 0.4) is 0 Å². The number of nitro benzene ring substituents is 1. The second-order valence-electron chi connectivity index (χ2n) is 5.92. The zero-order valence-electron chi connectivity index (χ0n) is 15.1. The monoisotopic (exact) mass is 398 g/mol. The molecule has 0 amide bonds. The first-order valence-corrected chi connectivity index (χ1v) is 9.81. The fraction of sp³-hybridized carbons (Fsp3) is 0.100. The van der Waals surface area contributed by atoms with Crippen LogP contribution >= 0.6 is 0 Å². The van der Waals surface area contributed by atoms with E-state index in [1.54, 1.807) is 48.5 Å². The van der Waals surface area contributed by atoms with Crippen LogP contribution in [0.1, 0.15) is 5.56 Å². The average molecular weight is 398 g/mol. The van der Waals surface area contributed by atoms with Crippen LogP contribution in [0.5, 0.6) is 5.75 Å². The first-order valence-electron chi connectivity index (χ1n) is 8.37. The first kappa shape index (κ1) is 19.4. The third kappa shape index (κ3) is 3.96. The van der Waals surface area contributed by atoms with Crippen LogP contribution in [0.4, 0.5) is 11.4 Å². The van der Waals surface area contributed by atoms with Gasteiger partial charge in [-0.15, -0.1) is 0 Å². The van der Waals surface area contributed by atoms with Crippen LogP contribution in [0, 0.1) is 10.1 Å². The minimum atomic E-state index is -4.20. The lowest BCUT2D eigenvalue weighted by atomic mass is 10.2. The maximum Gasteiger partial charge on any atom is 0.289 e. The molecule has 0 aliphatic rings. The van der Waals surface area contributed by atoms with Crippen molar-refractivity contribution in [3.8, 4) is 5.75 Å². The number of para-hydroxylation sites is 1. The number of methoxy groups -OCH3 is 1. The molecule has 3 aromatic rings. The number of benzene rings is 3. The molecule has 0 aromatic heterocycles. The summed E-state index contributed by atoms with van der Waals surface area (Å²) >= 11 is 0. The van der Waals surface area contributed by atoms with Crippen molar-refractivity contribution in [2.45, 2.75) is 11.4 Å². The molecule has 144 valence electrons. The van der Waals surface area contributed by atoms with Crippen molar-refractivity contribution in [3.05, 3.63) is 94.5 Å². The molecule has 0 atom stereocenters. The molecule has 0 unspecified atom stereocenters. The highest BCUT2D eigenvalue weighted by Gasteiger charge is 2.31. The van der Waals surface area contributed by atoms with Crippen molar-refractivity contribution in [1.82, 2.24) is 0 Å². The van der Waals surface area contributed by atoms with Gasteiger partial charge in [0.15, 0.2) is 4.90 Å². The van der Waals surface area contributed by atoms with Crippen LogP contribution in [0.15, 0.2) is 83.8 Å². The van der Waals surface area contributed by atoms with Gasteiger partial charge in [-0.25, -0.2) is 8.42 Å². The van der Waals surface area contributed by atoms with Crippen LogP contribution in [0.2, 0.25) is 0 Å². The summed E-state index contributed by atoms with van der Waals surface area (Å²) in [6, 6.07) is 20.9. The summed E-state index contributed by atoms with van der Waals surface area (Å²) in [6.07, 6.45) is 0. The Balaban J connectivity index is 2.13. The van der Waals surface area contributed by atoms with Crippen LogP contribution in [-0.4, -0.2) is 20.5 Å². The third-order valence-corrected chi connectivity index (χ3v) is 5.98. The number of nitrogens with zero attached hydrogens (tertiary/aromatic N) is 2. The summed E-state index contributed by atoms with van der Waals surface area (Å²) < 4.78 is 33.1. The van der Waals surface area contributed by atoms with Gasteiger partial charge in [0, 0.05) is 6.07 Å². The molecule has 0 N–H and O–H groups in total. The van der Waals surface area contributed by atoms with Gasteiger partial charge in [0.1, 0.15) is 5.75 Å². The summed E-state index contributed by atoms with van der Waals surface area (Å²) in [5, 5.41) is 11.4. The van der Waals surface area contributed by atoms with Crippen molar-refractivity contribution in [1.29, 1.82) is 0 Å². The molecular formula is C20H18N2O5S. The van der Waals surface area contributed by atoms with Crippen molar-refractivity contribution in [2.75, 3.05) is 11.4 Å². The lowest BCUT2D eigenvalue weighted by Crippen LogP contribution is -2.31. The zero-order chi connectivity index (χ0) is 20.1. The van der Waals surface area contributed by atoms with E-state index in [2.05, 4.69) is 0 Å². The summed E-state index contributed by atoms with van der Waals surface area (Å²) in [5.74, 6) is 0.575. The highest BCUT2D eigenvalue weighted by molar-refractivity contribution is 7.93. The summed E-state index contributed by atoms with van der Waals surface area (Å²) in [7, 11) is -2.68. The molecule has 3 aromatic carbocycles. The molecule has 8 heteroatoms. The van der Waals surface area contributed by atoms with Gasteiger partial charge in [-0.05, 0) is 35.9 Å². The zero-order valence-corrected chi connectivity index (χ0v) is 15.9. The highest BCUT2D eigenvalue weighted by Crippen LogP contribution is 2.31. The van der Waals surface area contributed by atoms with E-state index >= 15 is 0 Å². The fourth-order valence-electron chi connectivity index (χ4n) is 2.76. The topological polar surface area (TPSA) is 89.8 Å². The van der Waals surface area contributed by atoms with Gasteiger partial charge in [0.25, 0.3) is 15.7 Å². The molecule has 0 saturated heterocycles. The predicted molar refractivity (Wildman–Crippen MR) is 106 cm³/mol. The molecule has 0 fully saturated rings. The van der Waals surface area contributed by atoms with Gasteiger partial charge in [-0.1, -0.05) is 42.5 Å². The van der Waals surface area contributed by atoms with E-state index in [1.807, 2.05) is 6.07 Å². The third-order valence-electron chi connectivity index (χ3n) is 4.16. The van der Waals surface area contributed by atoms with Crippen LogP contribution in [0.25, 0.3) is 0 Å². The molecule has 7 nitrogen and oxygen atoms in total. The van der Waals surface area contributed by atoms with Crippen molar-refractivity contribution >= 4 is 21.4 Å². The second-order valence-corrected chi connectivity index (χ2v) is 7.75. The lowest BCUT2D eigenvalue weighted by molar-refractivity contribution is -0.387. The number of ether oxygens (including phenoxy) is 1. The van der Waals surface area contributed by atoms with Crippen molar-refractivity contribution in [2.24, 2.45) is 0 Å². The Morgan fingerprint density at radius 1 is 0.929 bits per heavy atom. The largest absolute Gasteiger partial charge is 0.497 e. The van der Waals surface area contributed by atoms with Crippen LogP contribution in [-0.2, 0) is 16.6 Å². The van der Waals surface area contributed by atoms with Crippen LogP contribution < -0.4 is 9.04 Å². The molecule has 0 bridgehead atoms. The second kappa shape index (κ2) is 8.10. The summed E-state index contributed by atoms with van der Waals surface area (Å²) in [4.78, 5) is 10.3. The Bertz CT molecular complexity index is 1070. The molecule has 0 spiro atoms. The molecular weight excluding hydrogens is 380 g/mol. The number of anilines is 1. The van der Waals surface area contributed by atoms with E-state index in [0.717, 1.165) is 9.87 Å². The Kier molecular flexibility index (Phi) is 5.60. The standard InChI is InChI=1S/C20H18N2O5S/c1-27-18-13-11-17(12-14-18)21(15-16-7-3-2-4-8-16)28(25,26)20-10-6-5-9-19(20)22(23)24/h2-14H,15H2,1H3. The quantitative estimate of drug-likeness (QED) is 0.443. The first-order chi connectivity index (χ1) is 13.4. The Hall–Kier alpha value is -3.39. The molecule has 0 radical (unpaired) electrons. The summed E-state index contributed by atoms with van der Waals surface area (Å²) in [5.41, 5.74) is 0.664. The van der Waals surface area contributed by atoms with Gasteiger partial charge in [0.2, 0.25) is 0 Å². The molecule has 3 rings (SSSR count). The van der Waals surface area contributed by atoms with Gasteiger partial charge in [0.05, 0.1) is 24.3 Å². The van der Waals surface area contributed by atoms with Gasteiger partial charge < -0.3 is 4.74 Å². The predicted octanol–water partition coefficient (Wildman–Crippen LogP) is 4.00. The number of rotatable bonds is 7. The molecule has 0 saturated carbocycles. The number of nitro groups is 1. The normalized spacial score (nSPS) is 11.0. The Morgan fingerprint density at radius 3 is 2.14 bits per heavy atom. The van der Waals surface area contributed by atoms with Crippen molar-refractivity contribution in [3.63, 3.8) is 0 Å². The minimum Gasteiger partial charge on any atom is -0.497 e. The molecule has 0 aliphatic heterocycles. The van der Waals surface area contributed by atoms with Gasteiger partial charge in [-0.2, -0.15) is 0 Å². The Morgan fingerprint density at radius 2 is 1.54 bits per heavy atom. The van der Waals surface area contributed by atoms with E-state index in [9.17, 15) is 18.5 Å². The number of hydrogen-bond donors (Lipinski definition) is 0. The maximum atomic E-state index is 13.4. The maximum absolute atomic E-state index is 13.4. The van der Waals surface area contributed by atoms with E-state index in [-0.39, 0.29) is 11.4 Å². The Labute approximate surface area is 163 Å². The fourth-order valence-corrected chi connectivity index (χ4v) is 4.37. The smallest absolute Gasteiger partial charge is 0.289 e. The van der Waals surface area contributed by atoms with E-state index in [1.165, 1.54) is 31.4 Å². The minimum absolute atomic E-state index is 0.0293. The summed E-state index contributed by atoms with van der Waals surface area (Å²) in [6.45, 7) is 0.0293. The lowest BCUT2D eigenvalue weighted by Gasteiger charge is -2.24. The van der Waals surface area contributed by atoms with E-state index in [0.29, 0.717) is 11.4 Å². The van der Waals surface area contributed by atoms with E-state index in [4.69, 9.17) is 4.74 Å². The van der Waals surface area contributed by atoms with Gasteiger partial charge >= 0.3 is 0 Å². The number of sulfonamides is 1. The average Bonchev–Trinajstić information content (AvgIpc) is 2.72. The molecule has 0 heterocycles. The van der Waals surface area contributed by atoms with Crippen molar-refractivity contribution < 1.29 is 18.1 Å². The molecule has 0 aliphatic carbocycles. The SMILES string of the molecule is COc1ccc(N(Cc2ccccc2)S(=O)(=O)c2ccccc2[N+](=O)[O-])cc1.